The SMILES string of the molecule is COC(=O)CN(CCN(CC(=O)OC)CC(=O)OC)CCN(CC(=O)OC)C(Cc1ccc(N=C=S)cc1)C(=O)OC. The average Bonchev–Trinajstić information content (AvgIpc) is 3.00. The zero-order chi connectivity index (χ0) is 31.5. The number of benzene rings is 1. The number of nitrogens with zero attached hydrogens (tertiary/aromatic N) is 4. The van der Waals surface area contributed by atoms with Gasteiger partial charge in [-0.25, -0.2) is 0 Å². The monoisotopic (exact) mass is 610 g/mol. The Labute approximate surface area is 250 Å². The molecule has 0 amide bonds. The summed E-state index contributed by atoms with van der Waals surface area (Å²) < 4.78 is 24.2. The molecule has 0 saturated heterocycles. The van der Waals surface area contributed by atoms with Crippen LogP contribution in [0, 0.1) is 0 Å². The highest BCUT2D eigenvalue weighted by molar-refractivity contribution is 7.78. The van der Waals surface area contributed by atoms with E-state index in [1.165, 1.54) is 40.4 Å². The Morgan fingerprint density at radius 3 is 1.62 bits per heavy atom. The number of rotatable bonds is 19. The van der Waals surface area contributed by atoms with E-state index in [2.05, 4.69) is 22.4 Å². The number of carbonyl (C=O) groups is 5. The molecule has 0 aliphatic heterocycles. The van der Waals surface area contributed by atoms with Crippen molar-refractivity contribution in [2.45, 2.75) is 12.5 Å². The molecule has 0 aromatic heterocycles. The maximum Gasteiger partial charge on any atom is 0.323 e. The highest BCUT2D eigenvalue weighted by Crippen LogP contribution is 2.16. The van der Waals surface area contributed by atoms with Gasteiger partial charge in [-0.2, -0.15) is 4.99 Å². The van der Waals surface area contributed by atoms with Crippen LogP contribution < -0.4 is 0 Å². The molecule has 14 nitrogen and oxygen atoms in total. The van der Waals surface area contributed by atoms with E-state index in [4.69, 9.17) is 23.7 Å². The molecule has 42 heavy (non-hydrogen) atoms. The lowest BCUT2D eigenvalue weighted by molar-refractivity contribution is -0.151. The normalized spacial score (nSPS) is 11.4. The van der Waals surface area contributed by atoms with E-state index in [1.54, 1.807) is 34.1 Å². The van der Waals surface area contributed by atoms with Gasteiger partial charge in [-0.05, 0) is 36.3 Å². The second-order valence-corrected chi connectivity index (χ2v) is 9.06. The molecule has 1 unspecified atom stereocenters. The van der Waals surface area contributed by atoms with E-state index < -0.39 is 35.9 Å². The maximum absolute atomic E-state index is 12.9. The first-order chi connectivity index (χ1) is 20.1. The number of esters is 5. The van der Waals surface area contributed by atoms with Gasteiger partial charge in [0, 0.05) is 26.2 Å². The van der Waals surface area contributed by atoms with Crippen molar-refractivity contribution >= 4 is 52.9 Å². The molecule has 0 aliphatic carbocycles. The molecule has 1 aromatic rings. The Hall–Kier alpha value is -3.75. The summed E-state index contributed by atoms with van der Waals surface area (Å²) in [5, 5.41) is 2.29. The van der Waals surface area contributed by atoms with Crippen LogP contribution in [0.4, 0.5) is 5.69 Å². The van der Waals surface area contributed by atoms with E-state index >= 15 is 0 Å². The summed E-state index contributed by atoms with van der Waals surface area (Å²) >= 11 is 4.63. The van der Waals surface area contributed by atoms with Gasteiger partial charge in [-0.15, -0.1) is 0 Å². The quantitative estimate of drug-likeness (QED) is 0.0900. The predicted molar refractivity (Wildman–Crippen MR) is 153 cm³/mol. The van der Waals surface area contributed by atoms with Gasteiger partial charge < -0.3 is 23.7 Å². The summed E-state index contributed by atoms with van der Waals surface area (Å²) in [6, 6.07) is 6.13. The standard InChI is InChI=1S/C27H38N4O10S/c1-37-23(32)15-29(10-11-30(16-24(33)38-2)17-25(34)39-3)12-13-31(18-26(35)40-4)22(27(36)41-5)14-20-6-8-21(9-7-20)28-19-42/h6-9,22H,10-18H2,1-5H3. The Morgan fingerprint density at radius 2 is 1.14 bits per heavy atom. The van der Waals surface area contributed by atoms with Gasteiger partial charge in [0.05, 0.1) is 72.6 Å². The van der Waals surface area contributed by atoms with Crippen LogP contribution in [0.3, 0.4) is 0 Å². The molecule has 1 aromatic carbocycles. The maximum atomic E-state index is 12.9. The third kappa shape index (κ3) is 13.7. The largest absolute Gasteiger partial charge is 0.468 e. The number of methoxy groups -OCH3 is 5. The molecule has 15 heteroatoms. The van der Waals surface area contributed by atoms with Crippen LogP contribution in [0.2, 0.25) is 0 Å². The molecule has 0 heterocycles. The van der Waals surface area contributed by atoms with E-state index in [0.29, 0.717) is 5.69 Å². The lowest BCUT2D eigenvalue weighted by Crippen LogP contribution is -2.50. The van der Waals surface area contributed by atoms with Crippen molar-refractivity contribution in [1.82, 2.24) is 14.7 Å². The fraction of sp³-hybridized carbons (Fsp3) is 0.556. The van der Waals surface area contributed by atoms with E-state index in [0.717, 1.165) is 5.56 Å². The topological polar surface area (TPSA) is 154 Å². The molecule has 0 spiro atoms. The summed E-state index contributed by atoms with van der Waals surface area (Å²) in [4.78, 5) is 69.9. The van der Waals surface area contributed by atoms with Crippen LogP contribution in [0.1, 0.15) is 5.56 Å². The van der Waals surface area contributed by atoms with E-state index in [-0.39, 0.29) is 58.8 Å². The van der Waals surface area contributed by atoms with Crippen molar-refractivity contribution < 1.29 is 47.7 Å². The van der Waals surface area contributed by atoms with Crippen molar-refractivity contribution in [3.05, 3.63) is 29.8 Å². The first-order valence-electron chi connectivity index (χ1n) is 12.8. The second-order valence-electron chi connectivity index (χ2n) is 8.87. The molecule has 0 N–H and O–H groups in total. The number of hydrogen-bond donors (Lipinski definition) is 0. The van der Waals surface area contributed by atoms with Gasteiger partial charge in [-0.1, -0.05) is 12.1 Å². The third-order valence-electron chi connectivity index (χ3n) is 6.19. The van der Waals surface area contributed by atoms with Gasteiger partial charge >= 0.3 is 29.8 Å². The van der Waals surface area contributed by atoms with Crippen LogP contribution in [0.25, 0.3) is 0 Å². The van der Waals surface area contributed by atoms with Crippen molar-refractivity contribution in [3.8, 4) is 0 Å². The Kier molecular flexibility index (Phi) is 17.4. The first-order valence-corrected chi connectivity index (χ1v) is 13.2. The molecule has 232 valence electrons. The summed E-state index contributed by atoms with van der Waals surface area (Å²) in [6.45, 7) is 0.0503. The summed E-state index contributed by atoms with van der Waals surface area (Å²) in [5.41, 5.74) is 1.37. The van der Waals surface area contributed by atoms with Crippen LogP contribution in [-0.4, -0.2) is 144 Å². The zero-order valence-electron chi connectivity index (χ0n) is 24.5. The van der Waals surface area contributed by atoms with Gasteiger partial charge in [0.2, 0.25) is 0 Å². The number of isothiocyanates is 1. The van der Waals surface area contributed by atoms with Gasteiger partial charge in [0.25, 0.3) is 0 Å². The second kappa shape index (κ2) is 20.2. The molecular weight excluding hydrogens is 572 g/mol. The number of aliphatic imine (C=N–C) groups is 1. The summed E-state index contributed by atoms with van der Waals surface area (Å²) in [7, 11) is 6.21. The van der Waals surface area contributed by atoms with Crippen LogP contribution >= 0.6 is 12.2 Å². The van der Waals surface area contributed by atoms with Gasteiger partial charge in [0.1, 0.15) is 6.04 Å². The van der Waals surface area contributed by atoms with Crippen molar-refractivity contribution in [2.75, 3.05) is 87.9 Å². The highest BCUT2D eigenvalue weighted by atomic mass is 32.1. The van der Waals surface area contributed by atoms with Crippen molar-refractivity contribution in [2.24, 2.45) is 4.99 Å². The number of carbonyl (C=O) groups excluding carboxylic acids is 5. The number of ether oxygens (including phenoxy) is 5. The highest BCUT2D eigenvalue weighted by Gasteiger charge is 2.30. The Morgan fingerprint density at radius 1 is 0.690 bits per heavy atom. The smallest absolute Gasteiger partial charge is 0.323 e. The number of thiocarbonyl (C=S) groups is 1. The van der Waals surface area contributed by atoms with Gasteiger partial charge in [-0.3, -0.25) is 38.7 Å². The minimum absolute atomic E-state index is 0.127. The lowest BCUT2D eigenvalue weighted by atomic mass is 10.0. The van der Waals surface area contributed by atoms with Crippen molar-refractivity contribution in [3.63, 3.8) is 0 Å². The summed E-state index contributed by atoms with van der Waals surface area (Å²) in [6.07, 6.45) is 0.203. The third-order valence-corrected chi connectivity index (χ3v) is 6.28. The lowest BCUT2D eigenvalue weighted by Gasteiger charge is -2.32. The molecular formula is C27H38N4O10S. The minimum atomic E-state index is -0.871. The van der Waals surface area contributed by atoms with Crippen LogP contribution in [-0.2, 0) is 54.1 Å². The molecule has 1 atom stereocenters. The Balaban J connectivity index is 3.19. The van der Waals surface area contributed by atoms with Gasteiger partial charge in [0.15, 0.2) is 0 Å². The fourth-order valence-corrected chi connectivity index (χ4v) is 3.94. The van der Waals surface area contributed by atoms with Crippen molar-refractivity contribution in [1.29, 1.82) is 0 Å². The minimum Gasteiger partial charge on any atom is -0.468 e. The molecule has 0 radical (unpaired) electrons. The molecule has 0 aliphatic rings. The molecule has 1 rings (SSSR count). The zero-order valence-corrected chi connectivity index (χ0v) is 25.3. The Bertz CT molecular complexity index is 1080. The molecule has 0 fully saturated rings. The first kappa shape index (κ1) is 36.3. The number of hydrogen-bond acceptors (Lipinski definition) is 15. The van der Waals surface area contributed by atoms with Crippen LogP contribution in [0.5, 0.6) is 0 Å². The van der Waals surface area contributed by atoms with E-state index in [9.17, 15) is 24.0 Å². The molecule has 0 bridgehead atoms. The average molecular weight is 611 g/mol. The molecule has 0 saturated carbocycles. The summed E-state index contributed by atoms with van der Waals surface area (Å²) in [5.74, 6) is -2.76. The predicted octanol–water partition coefficient (Wildman–Crippen LogP) is 0.103. The van der Waals surface area contributed by atoms with Crippen LogP contribution in [0.15, 0.2) is 29.3 Å². The van der Waals surface area contributed by atoms with E-state index in [1.807, 2.05) is 0 Å². The fourth-order valence-electron chi connectivity index (χ4n) is 3.83.